The van der Waals surface area contributed by atoms with Gasteiger partial charge in [0.2, 0.25) is 0 Å². The molecule has 0 radical (unpaired) electrons. The third-order valence-corrected chi connectivity index (χ3v) is 7.17. The summed E-state index contributed by atoms with van der Waals surface area (Å²) in [5.41, 5.74) is 5.43. The van der Waals surface area contributed by atoms with Gasteiger partial charge >= 0.3 is 5.97 Å². The lowest BCUT2D eigenvalue weighted by molar-refractivity contribution is -0.131. The first kappa shape index (κ1) is 16.4. The van der Waals surface area contributed by atoms with E-state index in [-0.39, 0.29) is 5.97 Å². The minimum absolute atomic E-state index is 0.309. The van der Waals surface area contributed by atoms with Crippen LogP contribution < -0.4 is 9.47 Å². The maximum atomic E-state index is 11.4. The number of hydrogen-bond acceptors (Lipinski definition) is 3. The Hall–Kier alpha value is -2.55. The maximum absolute atomic E-state index is 11.4. The monoisotopic (exact) mass is 372 g/mol. The van der Waals surface area contributed by atoms with Crippen molar-refractivity contribution in [2.45, 2.75) is 39.0 Å². The second-order valence-corrected chi connectivity index (χ2v) is 8.98. The molecule has 4 saturated carbocycles. The van der Waals surface area contributed by atoms with Gasteiger partial charge in [-0.2, -0.15) is 0 Å². The van der Waals surface area contributed by atoms with Crippen LogP contribution in [0.4, 0.5) is 0 Å². The summed E-state index contributed by atoms with van der Waals surface area (Å²) in [5.74, 6) is 5.26. The Morgan fingerprint density at radius 3 is 2.29 bits per heavy atom. The number of fused-ring (bicyclic) bond motifs is 2. The topological polar surface area (TPSA) is 35.5 Å². The zero-order valence-corrected chi connectivity index (χ0v) is 16.1. The fourth-order valence-electron chi connectivity index (χ4n) is 6.46. The van der Waals surface area contributed by atoms with E-state index in [9.17, 15) is 4.79 Å². The standard InChI is InChI=1S/C25H24O3/c1-14(26)27-19-6-7-21-23(13-19)28-22-5-3-2-4-20(22)25(21)24-17-9-15-8-16(11-17)12-18(24)10-15/h2-7,13,15-18H,8-12H2,1H3. The highest BCUT2D eigenvalue weighted by Gasteiger charge is 2.47. The van der Waals surface area contributed by atoms with Crippen LogP contribution in [0.3, 0.4) is 0 Å². The highest BCUT2D eigenvalue weighted by Crippen LogP contribution is 2.60. The summed E-state index contributed by atoms with van der Waals surface area (Å²) in [7, 11) is 0. The van der Waals surface area contributed by atoms with Crippen LogP contribution in [0.15, 0.2) is 48.0 Å². The van der Waals surface area contributed by atoms with Gasteiger partial charge in [0.25, 0.3) is 0 Å². The molecule has 0 amide bonds. The number of hydrogen-bond donors (Lipinski definition) is 0. The van der Waals surface area contributed by atoms with Crippen molar-refractivity contribution in [1.29, 1.82) is 0 Å². The van der Waals surface area contributed by atoms with Gasteiger partial charge in [0.1, 0.15) is 17.2 Å². The maximum Gasteiger partial charge on any atom is 0.308 e. The lowest BCUT2D eigenvalue weighted by atomic mass is 9.53. The van der Waals surface area contributed by atoms with Crippen LogP contribution in [0.5, 0.6) is 17.2 Å². The number of carbonyl (C=O) groups excluding carboxylic acids is 1. The highest BCUT2D eigenvalue weighted by atomic mass is 16.5. The second-order valence-electron chi connectivity index (χ2n) is 8.98. The van der Waals surface area contributed by atoms with Crippen LogP contribution in [-0.2, 0) is 4.79 Å². The van der Waals surface area contributed by atoms with Crippen LogP contribution >= 0.6 is 0 Å². The summed E-state index contributed by atoms with van der Waals surface area (Å²) in [4.78, 5) is 11.4. The van der Waals surface area contributed by atoms with Crippen molar-refractivity contribution in [2.75, 3.05) is 0 Å². The smallest absolute Gasteiger partial charge is 0.308 e. The Balaban J connectivity index is 1.55. The SMILES string of the molecule is CC(=O)Oc1ccc2c(c1)Oc1ccccc1C2=C1C2CC3CC(C2)CC1C3. The van der Waals surface area contributed by atoms with Crippen molar-refractivity contribution in [1.82, 2.24) is 0 Å². The molecule has 0 aromatic heterocycles. The van der Waals surface area contributed by atoms with Crippen LogP contribution in [-0.4, -0.2) is 5.97 Å². The normalized spacial score (nSPS) is 29.2. The van der Waals surface area contributed by atoms with Crippen LogP contribution in [0.2, 0.25) is 0 Å². The molecule has 3 heteroatoms. The van der Waals surface area contributed by atoms with Crippen LogP contribution in [0.25, 0.3) is 5.57 Å². The van der Waals surface area contributed by atoms with E-state index >= 15 is 0 Å². The van der Waals surface area contributed by atoms with Gasteiger partial charge in [-0.25, -0.2) is 0 Å². The molecule has 3 nitrogen and oxygen atoms in total. The Morgan fingerprint density at radius 1 is 0.893 bits per heavy atom. The molecule has 1 aliphatic heterocycles. The molecule has 4 bridgehead atoms. The average molecular weight is 372 g/mol. The van der Waals surface area contributed by atoms with E-state index in [1.54, 1.807) is 5.57 Å². The van der Waals surface area contributed by atoms with E-state index in [1.165, 1.54) is 50.2 Å². The number of rotatable bonds is 1. The molecule has 2 aromatic rings. The number of para-hydroxylation sites is 1. The van der Waals surface area contributed by atoms with Crippen molar-refractivity contribution in [3.63, 3.8) is 0 Å². The number of carbonyl (C=O) groups is 1. The molecule has 1 heterocycles. The second kappa shape index (κ2) is 5.97. The quantitative estimate of drug-likeness (QED) is 0.390. The third kappa shape index (κ3) is 2.45. The van der Waals surface area contributed by atoms with Gasteiger partial charge in [-0.15, -0.1) is 0 Å². The van der Waals surface area contributed by atoms with Gasteiger partial charge in [-0.3, -0.25) is 4.79 Å². The van der Waals surface area contributed by atoms with Crippen molar-refractivity contribution < 1.29 is 14.3 Å². The van der Waals surface area contributed by atoms with E-state index in [0.29, 0.717) is 5.75 Å². The van der Waals surface area contributed by atoms with Gasteiger partial charge in [0, 0.05) is 24.1 Å². The molecule has 0 atom stereocenters. The predicted molar refractivity (Wildman–Crippen MR) is 107 cm³/mol. The number of esters is 1. The largest absolute Gasteiger partial charge is 0.456 e. The number of benzene rings is 2. The first-order valence-corrected chi connectivity index (χ1v) is 10.5. The number of ether oxygens (including phenoxy) is 2. The average Bonchev–Trinajstić information content (AvgIpc) is 2.66. The van der Waals surface area contributed by atoms with Gasteiger partial charge in [0.05, 0.1) is 0 Å². The summed E-state index contributed by atoms with van der Waals surface area (Å²) in [5, 5.41) is 0. The number of allylic oxidation sites excluding steroid dienone is 1. The summed E-state index contributed by atoms with van der Waals surface area (Å²) in [6, 6.07) is 14.2. The molecule has 0 spiro atoms. The minimum Gasteiger partial charge on any atom is -0.456 e. The van der Waals surface area contributed by atoms with Gasteiger partial charge in [-0.05, 0) is 79.5 Å². The van der Waals surface area contributed by atoms with Crippen molar-refractivity contribution in [3.05, 3.63) is 59.2 Å². The van der Waals surface area contributed by atoms with E-state index < -0.39 is 0 Å². The highest BCUT2D eigenvalue weighted by molar-refractivity contribution is 5.90. The summed E-state index contributed by atoms with van der Waals surface area (Å²) in [6.07, 6.45) is 6.88. The molecule has 0 N–H and O–H groups in total. The van der Waals surface area contributed by atoms with Crippen molar-refractivity contribution >= 4 is 11.5 Å². The molecule has 28 heavy (non-hydrogen) atoms. The fourth-order valence-corrected chi connectivity index (χ4v) is 6.46. The van der Waals surface area contributed by atoms with E-state index in [2.05, 4.69) is 18.2 Å². The lowest BCUT2D eigenvalue weighted by Gasteiger charge is -2.52. The predicted octanol–water partition coefficient (Wildman–Crippen LogP) is 5.98. The Labute approximate surface area is 165 Å². The van der Waals surface area contributed by atoms with E-state index in [4.69, 9.17) is 9.47 Å². The molecule has 0 unspecified atom stereocenters. The van der Waals surface area contributed by atoms with Crippen LogP contribution in [0, 0.1) is 23.7 Å². The Bertz CT molecular complexity index is 986. The van der Waals surface area contributed by atoms with Crippen LogP contribution in [0.1, 0.15) is 50.2 Å². The van der Waals surface area contributed by atoms with E-state index in [1.807, 2.05) is 24.3 Å². The van der Waals surface area contributed by atoms with Gasteiger partial charge < -0.3 is 9.47 Å². The summed E-state index contributed by atoms with van der Waals surface area (Å²) < 4.78 is 11.6. The summed E-state index contributed by atoms with van der Waals surface area (Å²) in [6.45, 7) is 1.43. The first-order chi connectivity index (χ1) is 13.7. The van der Waals surface area contributed by atoms with Gasteiger partial charge in [-0.1, -0.05) is 23.8 Å². The van der Waals surface area contributed by atoms with Crippen molar-refractivity contribution in [3.8, 4) is 17.2 Å². The molecule has 4 fully saturated rings. The molecule has 4 aliphatic carbocycles. The molecular weight excluding hydrogens is 348 g/mol. The molecule has 5 aliphatic rings. The Kier molecular flexibility index (Phi) is 3.50. The molecule has 2 aromatic carbocycles. The minimum atomic E-state index is -0.309. The summed E-state index contributed by atoms with van der Waals surface area (Å²) >= 11 is 0. The van der Waals surface area contributed by atoms with E-state index in [0.717, 1.165) is 40.7 Å². The molecule has 142 valence electrons. The first-order valence-electron chi connectivity index (χ1n) is 10.5. The Morgan fingerprint density at radius 2 is 1.57 bits per heavy atom. The fraction of sp³-hybridized carbons (Fsp3) is 0.400. The molecule has 0 saturated heterocycles. The zero-order valence-electron chi connectivity index (χ0n) is 16.1. The lowest BCUT2D eigenvalue weighted by Crippen LogP contribution is -2.41. The third-order valence-electron chi connectivity index (χ3n) is 7.17. The van der Waals surface area contributed by atoms with Crippen molar-refractivity contribution in [2.24, 2.45) is 23.7 Å². The molecule has 7 rings (SSSR count). The zero-order chi connectivity index (χ0) is 18.8. The molecular formula is C25H24O3. The van der Waals surface area contributed by atoms with Gasteiger partial charge in [0.15, 0.2) is 0 Å².